The third-order valence-electron chi connectivity index (χ3n) is 10.3. The van der Waals surface area contributed by atoms with Crippen molar-refractivity contribution in [3.05, 3.63) is 70.8 Å². The zero-order valence-corrected chi connectivity index (χ0v) is 27.6. The van der Waals surface area contributed by atoms with E-state index in [-0.39, 0.29) is 34.7 Å². The van der Waals surface area contributed by atoms with Gasteiger partial charge in [0.2, 0.25) is 0 Å². The van der Waals surface area contributed by atoms with Crippen LogP contribution >= 0.6 is 0 Å². The van der Waals surface area contributed by atoms with Gasteiger partial charge >= 0.3 is 0 Å². The van der Waals surface area contributed by atoms with Crippen molar-refractivity contribution in [2.45, 2.75) is 95.3 Å². The zero-order valence-electron chi connectivity index (χ0n) is 26.0. The second-order valence-corrected chi connectivity index (χ2v) is 19.6. The normalized spacial score (nSPS) is 32.5. The van der Waals surface area contributed by atoms with Crippen LogP contribution in [0.4, 0.5) is 0 Å². The van der Waals surface area contributed by atoms with Crippen LogP contribution in [-0.4, -0.2) is 69.6 Å². The Hall–Kier alpha value is -1.74. The minimum Gasteiger partial charge on any atom is -0.289 e. The molecule has 2 aliphatic heterocycles. The molecule has 6 nitrogen and oxygen atoms in total. The Bertz CT molecular complexity index is 1540. The summed E-state index contributed by atoms with van der Waals surface area (Å²) in [4.78, 5) is 4.96. The third kappa shape index (κ3) is 6.24. The molecule has 4 aliphatic rings. The van der Waals surface area contributed by atoms with E-state index in [2.05, 4.69) is 92.9 Å². The van der Waals surface area contributed by atoms with Gasteiger partial charge in [0, 0.05) is 51.7 Å². The number of rotatable bonds is 7. The van der Waals surface area contributed by atoms with Gasteiger partial charge in [-0.25, -0.2) is 12.6 Å². The molecular weight excluding hydrogens is 563 g/mol. The maximum atomic E-state index is 13.2. The molecule has 4 fully saturated rings. The fourth-order valence-corrected chi connectivity index (χ4v) is 11.0. The van der Waals surface area contributed by atoms with Crippen molar-refractivity contribution in [2.75, 3.05) is 36.1 Å². The molecule has 2 aromatic carbocycles. The summed E-state index contributed by atoms with van der Waals surface area (Å²) < 4.78 is 47.4. The van der Waals surface area contributed by atoms with Crippen LogP contribution < -0.4 is 0 Å². The molecule has 2 aromatic rings. The SMILES string of the molecule is CC(C)(C)N1CCS(=O)(=O)CC1c1ccccc1C1CC1CC(C)(C)N1CCS(=N)(=O)CC1c1ccccc1C1CC1. The number of hydrogen-bond acceptors (Lipinski definition) is 6. The average molecular weight is 612 g/mol. The van der Waals surface area contributed by atoms with E-state index in [1.165, 1.54) is 35.1 Å². The van der Waals surface area contributed by atoms with Crippen molar-refractivity contribution in [1.82, 2.24) is 9.80 Å². The molecule has 2 heterocycles. The smallest absolute Gasteiger partial charge is 0.153 e. The highest BCUT2D eigenvalue weighted by Gasteiger charge is 2.48. The first-order valence-corrected chi connectivity index (χ1v) is 19.5. The van der Waals surface area contributed by atoms with Crippen LogP contribution in [0.1, 0.15) is 106 Å². The number of sulfone groups is 1. The summed E-state index contributed by atoms with van der Waals surface area (Å²) in [7, 11) is -5.69. The van der Waals surface area contributed by atoms with Crippen LogP contribution in [0.2, 0.25) is 0 Å². The van der Waals surface area contributed by atoms with Crippen LogP contribution in [0.25, 0.3) is 0 Å². The van der Waals surface area contributed by atoms with Gasteiger partial charge < -0.3 is 0 Å². The van der Waals surface area contributed by atoms with Crippen molar-refractivity contribution >= 4 is 19.6 Å². The van der Waals surface area contributed by atoms with Crippen molar-refractivity contribution in [3.63, 3.8) is 0 Å². The van der Waals surface area contributed by atoms with E-state index in [1.807, 2.05) is 0 Å². The van der Waals surface area contributed by atoms with E-state index in [4.69, 9.17) is 4.78 Å². The molecular formula is C34H49N3O3S2. The quantitative estimate of drug-likeness (QED) is 0.386. The lowest BCUT2D eigenvalue weighted by molar-refractivity contribution is 0.0672. The van der Waals surface area contributed by atoms with Crippen molar-refractivity contribution in [3.8, 4) is 0 Å². The van der Waals surface area contributed by atoms with Crippen LogP contribution in [0.3, 0.4) is 0 Å². The van der Waals surface area contributed by atoms with Gasteiger partial charge in [0.1, 0.15) is 0 Å². The predicted octanol–water partition coefficient (Wildman–Crippen LogP) is 6.51. The molecule has 0 bridgehead atoms. The van der Waals surface area contributed by atoms with Crippen LogP contribution in [-0.2, 0) is 19.6 Å². The van der Waals surface area contributed by atoms with Gasteiger partial charge in [0.05, 0.1) is 17.3 Å². The molecule has 0 amide bonds. The van der Waals surface area contributed by atoms with Crippen molar-refractivity contribution < 1.29 is 12.6 Å². The molecule has 230 valence electrons. The summed E-state index contributed by atoms with van der Waals surface area (Å²) >= 11 is 0. The fourth-order valence-electron chi connectivity index (χ4n) is 8.03. The molecule has 6 rings (SSSR count). The third-order valence-corrected chi connectivity index (χ3v) is 13.7. The van der Waals surface area contributed by atoms with Crippen LogP contribution in [0, 0.1) is 10.7 Å². The Morgan fingerprint density at radius 1 is 0.762 bits per heavy atom. The van der Waals surface area contributed by atoms with Crippen molar-refractivity contribution in [2.24, 2.45) is 5.92 Å². The summed E-state index contributed by atoms with van der Waals surface area (Å²) in [6.45, 7) is 12.5. The van der Waals surface area contributed by atoms with E-state index in [9.17, 15) is 12.6 Å². The molecule has 8 heteroatoms. The van der Waals surface area contributed by atoms with Gasteiger partial charge in [-0.1, -0.05) is 48.5 Å². The first-order chi connectivity index (χ1) is 19.7. The number of nitrogens with one attached hydrogen (secondary N) is 1. The lowest BCUT2D eigenvalue weighted by atomic mass is 9.87. The largest absolute Gasteiger partial charge is 0.289 e. The predicted molar refractivity (Wildman–Crippen MR) is 172 cm³/mol. The van der Waals surface area contributed by atoms with E-state index < -0.39 is 19.6 Å². The van der Waals surface area contributed by atoms with E-state index in [1.54, 1.807) is 0 Å². The minimum absolute atomic E-state index is 0.00725. The van der Waals surface area contributed by atoms with Crippen LogP contribution in [0.5, 0.6) is 0 Å². The van der Waals surface area contributed by atoms with Gasteiger partial charge in [-0.15, -0.1) is 0 Å². The van der Waals surface area contributed by atoms with Gasteiger partial charge in [-0.05, 0) is 100 Å². The Labute approximate surface area is 254 Å². The zero-order chi connectivity index (χ0) is 30.1. The topological polar surface area (TPSA) is 81.5 Å². The van der Waals surface area contributed by atoms with Crippen molar-refractivity contribution in [1.29, 1.82) is 4.78 Å². The van der Waals surface area contributed by atoms with Gasteiger partial charge in [0.15, 0.2) is 9.84 Å². The van der Waals surface area contributed by atoms with Gasteiger partial charge in [-0.2, -0.15) is 0 Å². The summed E-state index contributed by atoms with van der Waals surface area (Å²) in [5.74, 6) is 2.82. The molecule has 5 atom stereocenters. The summed E-state index contributed by atoms with van der Waals surface area (Å²) in [6.07, 6.45) is 4.59. The molecule has 1 N–H and O–H groups in total. The standard InChI is InChI=1S/C34H49N3O3S2/c1-33(2,3)36-17-19-42(39,40)23-32(36)29-13-9-7-11-27(29)30-20-25(30)21-34(4,5)37-16-18-41(35,38)22-31(37)28-12-8-6-10-26(28)24-14-15-24/h6-13,24-25,30-32,35H,14-23H2,1-5H3. The average Bonchev–Trinajstić information content (AvgIpc) is 3.83. The Morgan fingerprint density at radius 2 is 1.31 bits per heavy atom. The Balaban J connectivity index is 1.25. The van der Waals surface area contributed by atoms with E-state index in [0.717, 1.165) is 12.8 Å². The second-order valence-electron chi connectivity index (χ2n) is 15.0. The Kier molecular flexibility index (Phi) is 7.72. The first-order valence-electron chi connectivity index (χ1n) is 15.8. The highest BCUT2D eigenvalue weighted by molar-refractivity contribution is 7.92. The monoisotopic (exact) mass is 611 g/mol. The highest BCUT2D eigenvalue weighted by Crippen LogP contribution is 2.55. The lowest BCUT2D eigenvalue weighted by Gasteiger charge is -2.48. The maximum absolute atomic E-state index is 13.2. The maximum Gasteiger partial charge on any atom is 0.153 e. The Morgan fingerprint density at radius 3 is 1.93 bits per heavy atom. The summed E-state index contributed by atoms with van der Waals surface area (Å²) in [5, 5.41) is 0. The van der Waals surface area contributed by atoms with Crippen LogP contribution in [0.15, 0.2) is 48.5 Å². The summed E-state index contributed by atoms with van der Waals surface area (Å²) in [5.41, 5.74) is 4.95. The van der Waals surface area contributed by atoms with E-state index >= 15 is 0 Å². The van der Waals surface area contributed by atoms with Gasteiger partial charge in [-0.3, -0.25) is 14.6 Å². The fraction of sp³-hybridized carbons (Fsp3) is 0.647. The molecule has 0 aromatic heterocycles. The molecule has 42 heavy (non-hydrogen) atoms. The molecule has 0 spiro atoms. The molecule has 5 unspecified atom stereocenters. The second kappa shape index (κ2) is 10.7. The lowest BCUT2D eigenvalue weighted by Crippen LogP contribution is -2.53. The first kappa shape index (κ1) is 30.3. The van der Waals surface area contributed by atoms with Gasteiger partial charge in [0.25, 0.3) is 0 Å². The highest BCUT2D eigenvalue weighted by atomic mass is 32.2. The summed E-state index contributed by atoms with van der Waals surface area (Å²) in [6, 6.07) is 17.2. The molecule has 2 aliphatic carbocycles. The minimum atomic E-state index is -3.09. The van der Waals surface area contributed by atoms with E-state index in [0.29, 0.717) is 42.3 Å². The number of nitrogens with zero attached hydrogens (tertiary/aromatic N) is 2. The number of benzene rings is 2. The molecule has 2 saturated carbocycles. The molecule has 0 radical (unpaired) electrons. The number of hydrogen-bond donors (Lipinski definition) is 1. The molecule has 2 saturated heterocycles.